The van der Waals surface area contributed by atoms with Crippen molar-refractivity contribution >= 4 is 33.2 Å². The van der Waals surface area contributed by atoms with Gasteiger partial charge in [0.05, 0.1) is 36.9 Å². The van der Waals surface area contributed by atoms with Gasteiger partial charge in [0.25, 0.3) is 5.91 Å². The average molecular weight is 450 g/mol. The van der Waals surface area contributed by atoms with Crippen LogP contribution < -0.4 is 19.7 Å². The van der Waals surface area contributed by atoms with Gasteiger partial charge in [0.15, 0.2) is 0 Å². The highest BCUT2D eigenvalue weighted by Crippen LogP contribution is 2.25. The molecule has 0 saturated carbocycles. The molecule has 0 aromatic heterocycles. The second-order valence-corrected chi connectivity index (χ2v) is 8.58. The number of anilines is 2. The van der Waals surface area contributed by atoms with Crippen molar-refractivity contribution in [1.82, 2.24) is 5.32 Å². The summed E-state index contributed by atoms with van der Waals surface area (Å²) < 4.78 is 35.9. The molecule has 1 atom stereocenters. The number of sulfonamides is 1. The first-order valence-electron chi connectivity index (χ1n) is 9.49. The first-order chi connectivity index (χ1) is 14.7. The molecule has 0 radical (unpaired) electrons. The molecule has 0 unspecified atom stereocenters. The van der Waals surface area contributed by atoms with Crippen LogP contribution in [0.25, 0.3) is 0 Å². The van der Waals surface area contributed by atoms with Crippen molar-refractivity contribution in [1.29, 1.82) is 0 Å². The maximum atomic E-state index is 12.9. The summed E-state index contributed by atoms with van der Waals surface area (Å²) in [6.07, 6.45) is 1.03. The third kappa shape index (κ3) is 6.43. The fourth-order valence-electron chi connectivity index (χ4n) is 2.93. The van der Waals surface area contributed by atoms with Crippen molar-refractivity contribution < 1.29 is 27.5 Å². The summed E-state index contributed by atoms with van der Waals surface area (Å²) in [5.41, 5.74) is 0.850. The smallest absolute Gasteiger partial charge is 0.253 e. The Labute approximate surface area is 182 Å². The Morgan fingerprint density at radius 1 is 1.06 bits per heavy atom. The van der Waals surface area contributed by atoms with E-state index in [0.717, 1.165) is 10.6 Å². The van der Waals surface area contributed by atoms with Crippen LogP contribution in [0.15, 0.2) is 48.5 Å². The molecule has 0 aliphatic carbocycles. The minimum atomic E-state index is -3.78. The van der Waals surface area contributed by atoms with Crippen molar-refractivity contribution in [2.24, 2.45) is 0 Å². The van der Waals surface area contributed by atoms with E-state index in [9.17, 15) is 18.0 Å². The Balaban J connectivity index is 2.26. The second kappa shape index (κ2) is 10.8. The van der Waals surface area contributed by atoms with Crippen LogP contribution in [0.2, 0.25) is 0 Å². The van der Waals surface area contributed by atoms with E-state index in [1.54, 1.807) is 48.5 Å². The standard InChI is InChI=1S/C21H27N3O6S/c1-15(24(31(4,27)28)16-9-11-17(30-3)12-10-16)20(25)23-19-8-6-5-7-18(19)21(26)22-13-14-29-2/h5-12,15H,13-14H2,1-4H3,(H,22,26)(H,23,25)/t15-/m0/s1. The number of nitrogens with zero attached hydrogens (tertiary/aromatic N) is 1. The zero-order valence-corrected chi connectivity index (χ0v) is 18.7. The second-order valence-electron chi connectivity index (χ2n) is 6.72. The van der Waals surface area contributed by atoms with Crippen molar-refractivity contribution in [3.8, 4) is 5.75 Å². The number of methoxy groups -OCH3 is 2. The van der Waals surface area contributed by atoms with Crippen LogP contribution in [-0.2, 0) is 19.6 Å². The van der Waals surface area contributed by atoms with E-state index in [1.807, 2.05) is 0 Å². The maximum Gasteiger partial charge on any atom is 0.253 e. The molecule has 0 spiro atoms. The van der Waals surface area contributed by atoms with Crippen molar-refractivity contribution in [2.45, 2.75) is 13.0 Å². The normalized spacial score (nSPS) is 12.0. The summed E-state index contributed by atoms with van der Waals surface area (Å²) in [6.45, 7) is 2.14. The molecule has 168 valence electrons. The molecule has 2 rings (SSSR count). The fraction of sp³-hybridized carbons (Fsp3) is 0.333. The predicted molar refractivity (Wildman–Crippen MR) is 119 cm³/mol. The molecule has 2 amide bonds. The van der Waals surface area contributed by atoms with Gasteiger partial charge < -0.3 is 20.1 Å². The molecule has 10 heteroatoms. The largest absolute Gasteiger partial charge is 0.497 e. The summed E-state index contributed by atoms with van der Waals surface area (Å²) >= 11 is 0. The van der Waals surface area contributed by atoms with E-state index < -0.39 is 22.0 Å². The van der Waals surface area contributed by atoms with Crippen LogP contribution in [0, 0.1) is 0 Å². The molecule has 2 N–H and O–H groups in total. The van der Waals surface area contributed by atoms with Crippen molar-refractivity contribution in [3.63, 3.8) is 0 Å². The molecular weight excluding hydrogens is 422 g/mol. The van der Waals surface area contributed by atoms with Gasteiger partial charge in [0.1, 0.15) is 11.8 Å². The molecule has 0 aliphatic heterocycles. The number of carbonyl (C=O) groups excluding carboxylic acids is 2. The third-order valence-electron chi connectivity index (χ3n) is 4.44. The maximum absolute atomic E-state index is 12.9. The van der Waals surface area contributed by atoms with E-state index in [2.05, 4.69) is 10.6 Å². The van der Waals surface area contributed by atoms with Gasteiger partial charge in [-0.1, -0.05) is 12.1 Å². The van der Waals surface area contributed by atoms with Gasteiger partial charge in [-0.05, 0) is 43.3 Å². The summed E-state index contributed by atoms with van der Waals surface area (Å²) in [6, 6.07) is 11.7. The lowest BCUT2D eigenvalue weighted by molar-refractivity contribution is -0.116. The number of carbonyl (C=O) groups is 2. The highest BCUT2D eigenvalue weighted by molar-refractivity contribution is 7.92. The molecule has 2 aromatic carbocycles. The first-order valence-corrected chi connectivity index (χ1v) is 11.3. The molecule has 2 aromatic rings. The molecule has 9 nitrogen and oxygen atoms in total. The van der Waals surface area contributed by atoms with Gasteiger partial charge in [-0.25, -0.2) is 8.42 Å². The number of nitrogens with one attached hydrogen (secondary N) is 2. The summed E-state index contributed by atoms with van der Waals surface area (Å²) in [5, 5.41) is 5.36. The topological polar surface area (TPSA) is 114 Å². The van der Waals surface area contributed by atoms with E-state index in [1.165, 1.54) is 21.1 Å². The molecule has 0 fully saturated rings. The lowest BCUT2D eigenvalue weighted by Gasteiger charge is -2.28. The minimum absolute atomic E-state index is 0.259. The van der Waals surface area contributed by atoms with Gasteiger partial charge in [0.2, 0.25) is 15.9 Å². The lowest BCUT2D eigenvalue weighted by Crippen LogP contribution is -2.45. The van der Waals surface area contributed by atoms with Crippen molar-refractivity contribution in [2.75, 3.05) is 43.2 Å². The molecule has 0 aliphatic rings. The Morgan fingerprint density at radius 3 is 2.29 bits per heavy atom. The zero-order chi connectivity index (χ0) is 23.0. The van der Waals surface area contributed by atoms with Crippen LogP contribution in [0.1, 0.15) is 17.3 Å². The Morgan fingerprint density at radius 2 is 1.71 bits per heavy atom. The number of para-hydroxylation sites is 1. The third-order valence-corrected chi connectivity index (χ3v) is 5.68. The van der Waals surface area contributed by atoms with Gasteiger partial charge >= 0.3 is 0 Å². The fourth-order valence-corrected chi connectivity index (χ4v) is 4.10. The number of ether oxygens (including phenoxy) is 2. The number of benzene rings is 2. The van der Waals surface area contributed by atoms with Crippen LogP contribution in [0.4, 0.5) is 11.4 Å². The average Bonchev–Trinajstić information content (AvgIpc) is 2.73. The Kier molecular flexibility index (Phi) is 8.40. The summed E-state index contributed by atoms with van der Waals surface area (Å²) in [4.78, 5) is 25.4. The molecule has 31 heavy (non-hydrogen) atoms. The summed E-state index contributed by atoms with van der Waals surface area (Å²) in [7, 11) is -0.749. The summed E-state index contributed by atoms with van der Waals surface area (Å²) in [5.74, 6) is -0.406. The molecule has 0 heterocycles. The molecule has 0 bridgehead atoms. The number of amides is 2. The van der Waals surface area contributed by atoms with Crippen LogP contribution >= 0.6 is 0 Å². The predicted octanol–water partition coefficient (Wildman–Crippen LogP) is 1.86. The molecule has 0 saturated heterocycles. The molecular formula is C21H27N3O6S. The van der Waals surface area contributed by atoms with Gasteiger partial charge in [-0.15, -0.1) is 0 Å². The van der Waals surface area contributed by atoms with Crippen LogP contribution in [0.5, 0.6) is 5.75 Å². The highest BCUT2D eigenvalue weighted by atomic mass is 32.2. The van der Waals surface area contributed by atoms with E-state index >= 15 is 0 Å². The Hall–Kier alpha value is -3.11. The van der Waals surface area contributed by atoms with Gasteiger partial charge in [-0.3, -0.25) is 13.9 Å². The zero-order valence-electron chi connectivity index (χ0n) is 17.9. The quantitative estimate of drug-likeness (QED) is 0.535. The SMILES string of the molecule is COCCNC(=O)c1ccccc1NC(=O)[C@H](C)N(c1ccc(OC)cc1)S(C)(=O)=O. The number of rotatable bonds is 10. The monoisotopic (exact) mass is 449 g/mol. The van der Waals surface area contributed by atoms with Gasteiger partial charge in [-0.2, -0.15) is 0 Å². The van der Waals surface area contributed by atoms with Crippen molar-refractivity contribution in [3.05, 3.63) is 54.1 Å². The lowest BCUT2D eigenvalue weighted by atomic mass is 10.1. The van der Waals surface area contributed by atoms with Crippen LogP contribution in [-0.4, -0.2) is 59.9 Å². The first kappa shape index (κ1) is 24.2. The van der Waals surface area contributed by atoms with Crippen LogP contribution in [0.3, 0.4) is 0 Å². The van der Waals surface area contributed by atoms with E-state index in [0.29, 0.717) is 24.6 Å². The number of hydrogen-bond donors (Lipinski definition) is 2. The van der Waals surface area contributed by atoms with E-state index in [-0.39, 0.29) is 17.2 Å². The van der Waals surface area contributed by atoms with Gasteiger partial charge in [0, 0.05) is 13.7 Å². The van der Waals surface area contributed by atoms with E-state index in [4.69, 9.17) is 9.47 Å². The number of hydrogen-bond acceptors (Lipinski definition) is 6. The highest BCUT2D eigenvalue weighted by Gasteiger charge is 2.29. The Bertz CT molecular complexity index is 1010. The minimum Gasteiger partial charge on any atom is -0.497 e.